The lowest BCUT2D eigenvalue weighted by Crippen LogP contribution is -2.25. The molecule has 5 heteroatoms. The Hall–Kier alpha value is -1.23. The summed E-state index contributed by atoms with van der Waals surface area (Å²) in [6.07, 6.45) is -2.70. The lowest BCUT2D eigenvalue weighted by molar-refractivity contribution is -0.137. The van der Waals surface area contributed by atoms with Crippen LogP contribution in [-0.2, 0) is 6.18 Å². The summed E-state index contributed by atoms with van der Waals surface area (Å²) in [4.78, 5) is 0. The highest BCUT2D eigenvalue weighted by molar-refractivity contribution is 5.30. The fraction of sp³-hybridized carbons (Fsp3) is 0.600. The summed E-state index contributed by atoms with van der Waals surface area (Å²) >= 11 is 0. The van der Waals surface area contributed by atoms with Crippen LogP contribution < -0.4 is 10.1 Å². The Balaban J connectivity index is 2.44. The first kappa shape index (κ1) is 16.8. The van der Waals surface area contributed by atoms with Gasteiger partial charge in [-0.2, -0.15) is 13.2 Å². The highest BCUT2D eigenvalue weighted by Gasteiger charge is 2.30. The molecule has 0 aromatic heterocycles. The van der Waals surface area contributed by atoms with Crippen LogP contribution in [0.25, 0.3) is 0 Å². The van der Waals surface area contributed by atoms with Gasteiger partial charge in [-0.3, -0.25) is 0 Å². The molecule has 0 amide bonds. The molecule has 1 atom stereocenters. The van der Waals surface area contributed by atoms with Crippen molar-refractivity contribution in [3.8, 4) is 5.75 Å². The monoisotopic (exact) mass is 289 g/mol. The molecule has 2 nitrogen and oxygen atoms in total. The standard InChI is InChI=1S/C15H22F3NO/c1-11(2)19-9-5-6-12(3)20-14-8-4-7-13(10-14)15(16,17)18/h4,7-8,10-12,19H,5-6,9H2,1-3H3. The normalized spacial score (nSPS) is 13.6. The molecule has 20 heavy (non-hydrogen) atoms. The summed E-state index contributed by atoms with van der Waals surface area (Å²) in [6, 6.07) is 5.45. The number of hydrogen-bond acceptors (Lipinski definition) is 2. The van der Waals surface area contributed by atoms with E-state index in [4.69, 9.17) is 4.74 Å². The Kier molecular flexibility index (Phi) is 6.33. The van der Waals surface area contributed by atoms with Crippen molar-refractivity contribution in [2.45, 2.75) is 51.9 Å². The molecule has 0 heterocycles. The van der Waals surface area contributed by atoms with Gasteiger partial charge in [-0.25, -0.2) is 0 Å². The van der Waals surface area contributed by atoms with Crippen molar-refractivity contribution in [3.05, 3.63) is 29.8 Å². The molecule has 0 aliphatic rings. The van der Waals surface area contributed by atoms with Crippen molar-refractivity contribution in [2.24, 2.45) is 0 Å². The molecular weight excluding hydrogens is 267 g/mol. The molecular formula is C15H22F3NO. The predicted octanol–water partition coefficient (Wildman–Crippen LogP) is 4.25. The summed E-state index contributed by atoms with van der Waals surface area (Å²) in [6.45, 7) is 6.90. The molecule has 0 saturated heterocycles. The highest BCUT2D eigenvalue weighted by atomic mass is 19.4. The number of alkyl halides is 3. The SMILES string of the molecule is CC(C)NCCCC(C)Oc1cccc(C(F)(F)F)c1. The number of ether oxygens (including phenoxy) is 1. The van der Waals surface area contributed by atoms with Crippen LogP contribution in [0.4, 0.5) is 13.2 Å². The van der Waals surface area contributed by atoms with Crippen LogP contribution >= 0.6 is 0 Å². The molecule has 0 fully saturated rings. The minimum atomic E-state index is -4.33. The summed E-state index contributed by atoms with van der Waals surface area (Å²) in [7, 11) is 0. The van der Waals surface area contributed by atoms with Gasteiger partial charge in [0.25, 0.3) is 0 Å². The Bertz CT molecular complexity index is 404. The van der Waals surface area contributed by atoms with Crippen LogP contribution in [-0.4, -0.2) is 18.7 Å². The minimum Gasteiger partial charge on any atom is -0.491 e. The zero-order valence-corrected chi connectivity index (χ0v) is 12.1. The topological polar surface area (TPSA) is 21.3 Å². The maximum Gasteiger partial charge on any atom is 0.416 e. The fourth-order valence-electron chi connectivity index (χ4n) is 1.82. The van der Waals surface area contributed by atoms with Gasteiger partial charge in [0, 0.05) is 6.04 Å². The van der Waals surface area contributed by atoms with E-state index in [9.17, 15) is 13.2 Å². The van der Waals surface area contributed by atoms with E-state index in [1.54, 1.807) is 6.07 Å². The molecule has 114 valence electrons. The van der Waals surface area contributed by atoms with E-state index in [0.29, 0.717) is 6.04 Å². The highest BCUT2D eigenvalue weighted by Crippen LogP contribution is 2.31. The molecule has 1 N–H and O–H groups in total. The smallest absolute Gasteiger partial charge is 0.416 e. The summed E-state index contributed by atoms with van der Waals surface area (Å²) in [5, 5.41) is 3.29. The van der Waals surface area contributed by atoms with E-state index in [2.05, 4.69) is 19.2 Å². The largest absolute Gasteiger partial charge is 0.491 e. The van der Waals surface area contributed by atoms with Gasteiger partial charge in [-0.15, -0.1) is 0 Å². The van der Waals surface area contributed by atoms with Gasteiger partial charge >= 0.3 is 6.18 Å². The van der Waals surface area contributed by atoms with Gasteiger partial charge in [-0.05, 0) is 44.5 Å². The van der Waals surface area contributed by atoms with Gasteiger partial charge in [0.2, 0.25) is 0 Å². The maximum atomic E-state index is 12.6. The average Bonchev–Trinajstić information content (AvgIpc) is 2.34. The zero-order valence-electron chi connectivity index (χ0n) is 12.1. The first-order valence-electron chi connectivity index (χ1n) is 6.86. The molecule has 1 rings (SSSR count). The van der Waals surface area contributed by atoms with Gasteiger partial charge < -0.3 is 10.1 Å². The lowest BCUT2D eigenvalue weighted by atomic mass is 10.2. The summed E-state index contributed by atoms with van der Waals surface area (Å²) in [5.74, 6) is 0.268. The molecule has 0 radical (unpaired) electrons. The molecule has 0 spiro atoms. The molecule has 0 aliphatic heterocycles. The quantitative estimate of drug-likeness (QED) is 0.758. The van der Waals surface area contributed by atoms with Gasteiger partial charge in [-0.1, -0.05) is 19.9 Å². The molecule has 1 aromatic carbocycles. The minimum absolute atomic E-state index is 0.104. The van der Waals surface area contributed by atoms with Gasteiger partial charge in [0.05, 0.1) is 11.7 Å². The van der Waals surface area contributed by atoms with Crippen LogP contribution in [0.1, 0.15) is 39.2 Å². The van der Waals surface area contributed by atoms with Crippen molar-refractivity contribution >= 4 is 0 Å². The molecule has 0 bridgehead atoms. The van der Waals surface area contributed by atoms with Crippen LogP contribution in [0.5, 0.6) is 5.75 Å². The lowest BCUT2D eigenvalue weighted by Gasteiger charge is -2.16. The Labute approximate surface area is 118 Å². The third-order valence-corrected chi connectivity index (χ3v) is 2.84. The number of hydrogen-bond donors (Lipinski definition) is 1. The summed E-state index contributed by atoms with van der Waals surface area (Å²) in [5.41, 5.74) is -0.677. The van der Waals surface area contributed by atoms with Crippen LogP contribution in [0.2, 0.25) is 0 Å². The van der Waals surface area contributed by atoms with Crippen molar-refractivity contribution in [3.63, 3.8) is 0 Å². The van der Waals surface area contributed by atoms with E-state index >= 15 is 0 Å². The first-order chi connectivity index (χ1) is 9.29. The zero-order chi connectivity index (χ0) is 15.2. The Morgan fingerprint density at radius 1 is 1.20 bits per heavy atom. The van der Waals surface area contributed by atoms with Crippen molar-refractivity contribution in [1.29, 1.82) is 0 Å². The molecule has 0 aliphatic carbocycles. The molecule has 1 aromatic rings. The maximum absolute atomic E-state index is 12.6. The average molecular weight is 289 g/mol. The van der Waals surface area contributed by atoms with E-state index in [1.165, 1.54) is 6.07 Å². The summed E-state index contributed by atoms with van der Waals surface area (Å²) < 4.78 is 43.2. The Morgan fingerprint density at radius 2 is 1.90 bits per heavy atom. The second kappa shape index (κ2) is 7.53. The van der Waals surface area contributed by atoms with Crippen LogP contribution in [0.3, 0.4) is 0 Å². The van der Waals surface area contributed by atoms with Crippen LogP contribution in [0, 0.1) is 0 Å². The van der Waals surface area contributed by atoms with Crippen LogP contribution in [0.15, 0.2) is 24.3 Å². The third-order valence-electron chi connectivity index (χ3n) is 2.84. The van der Waals surface area contributed by atoms with Gasteiger partial charge in [0.1, 0.15) is 5.75 Å². The molecule has 1 unspecified atom stereocenters. The molecule has 0 saturated carbocycles. The first-order valence-corrected chi connectivity index (χ1v) is 6.86. The van der Waals surface area contributed by atoms with Crippen molar-refractivity contribution < 1.29 is 17.9 Å². The predicted molar refractivity (Wildman–Crippen MR) is 73.9 cm³/mol. The Morgan fingerprint density at radius 3 is 2.50 bits per heavy atom. The van der Waals surface area contributed by atoms with E-state index in [0.717, 1.165) is 31.5 Å². The number of halogens is 3. The van der Waals surface area contributed by atoms with Crippen molar-refractivity contribution in [1.82, 2.24) is 5.32 Å². The van der Waals surface area contributed by atoms with Gasteiger partial charge in [0.15, 0.2) is 0 Å². The van der Waals surface area contributed by atoms with E-state index in [-0.39, 0.29) is 11.9 Å². The number of benzene rings is 1. The van der Waals surface area contributed by atoms with E-state index in [1.807, 2.05) is 6.92 Å². The third kappa shape index (κ3) is 6.28. The van der Waals surface area contributed by atoms with Crippen molar-refractivity contribution in [2.75, 3.05) is 6.54 Å². The second-order valence-corrected chi connectivity index (χ2v) is 5.21. The number of nitrogens with one attached hydrogen (secondary N) is 1. The van der Waals surface area contributed by atoms with E-state index < -0.39 is 11.7 Å². The number of rotatable bonds is 7. The fourth-order valence-corrected chi connectivity index (χ4v) is 1.82. The second-order valence-electron chi connectivity index (χ2n) is 5.21.